The van der Waals surface area contributed by atoms with E-state index < -0.39 is 5.97 Å². The van der Waals surface area contributed by atoms with E-state index in [0.29, 0.717) is 5.56 Å². The molecule has 3 nitrogen and oxygen atoms in total. The van der Waals surface area contributed by atoms with Crippen molar-refractivity contribution in [2.75, 3.05) is 0 Å². The van der Waals surface area contributed by atoms with Crippen molar-refractivity contribution in [3.05, 3.63) is 39.9 Å². The van der Waals surface area contributed by atoms with Crippen molar-refractivity contribution < 1.29 is 15.0 Å². The molecule has 2 rings (SSSR count). The molecule has 0 unspecified atom stereocenters. The molecule has 0 aromatic heterocycles. The van der Waals surface area contributed by atoms with E-state index in [9.17, 15) is 15.0 Å². The van der Waals surface area contributed by atoms with Gasteiger partial charge in [0.25, 0.3) is 0 Å². The summed E-state index contributed by atoms with van der Waals surface area (Å²) >= 11 is 0. The van der Waals surface area contributed by atoms with Gasteiger partial charge in [0, 0.05) is 0 Å². The molecule has 0 aliphatic rings. The first kappa shape index (κ1) is 12.4. The number of phenolic OH excluding ortho intramolecular Hbond substituents is 1. The number of rotatable bonds is 1. The Kier molecular flexibility index (Phi) is 2.77. The van der Waals surface area contributed by atoms with E-state index in [1.807, 2.05) is 33.8 Å². The number of aromatic carboxylic acids is 1. The van der Waals surface area contributed by atoms with Crippen LogP contribution < -0.4 is 0 Å². The van der Waals surface area contributed by atoms with E-state index in [1.165, 1.54) is 0 Å². The van der Waals surface area contributed by atoms with Crippen LogP contribution in [0.2, 0.25) is 0 Å². The number of aromatic hydroxyl groups is 1. The van der Waals surface area contributed by atoms with E-state index in [2.05, 4.69) is 0 Å². The molecule has 0 spiro atoms. The molecule has 0 radical (unpaired) electrons. The highest BCUT2D eigenvalue weighted by atomic mass is 16.4. The fraction of sp³-hybridized carbons (Fsp3) is 0.267. The molecule has 0 saturated carbocycles. The fourth-order valence-corrected chi connectivity index (χ4v) is 2.44. The SMILES string of the molecule is Cc1cc2c(C)c(C(=O)O)c(C)c(C)c2cc1O. The maximum absolute atomic E-state index is 11.3. The topological polar surface area (TPSA) is 57.5 Å². The molecule has 94 valence electrons. The third kappa shape index (κ3) is 1.63. The van der Waals surface area contributed by atoms with Crippen LogP contribution in [-0.2, 0) is 0 Å². The lowest BCUT2D eigenvalue weighted by Crippen LogP contribution is -2.06. The minimum atomic E-state index is -0.902. The highest BCUT2D eigenvalue weighted by Gasteiger charge is 2.17. The molecule has 18 heavy (non-hydrogen) atoms. The molecule has 0 aliphatic carbocycles. The smallest absolute Gasteiger partial charge is 0.336 e. The zero-order valence-electron chi connectivity index (χ0n) is 11.0. The van der Waals surface area contributed by atoms with Crippen LogP contribution in [0.25, 0.3) is 10.8 Å². The van der Waals surface area contributed by atoms with Crippen LogP contribution in [0.1, 0.15) is 32.6 Å². The van der Waals surface area contributed by atoms with Crippen molar-refractivity contribution in [3.8, 4) is 5.75 Å². The summed E-state index contributed by atoms with van der Waals surface area (Å²) in [6, 6.07) is 3.56. The van der Waals surface area contributed by atoms with Gasteiger partial charge in [-0.2, -0.15) is 0 Å². The predicted molar refractivity (Wildman–Crippen MR) is 71.5 cm³/mol. The Balaban J connectivity index is 3.03. The van der Waals surface area contributed by atoms with E-state index in [-0.39, 0.29) is 5.75 Å². The van der Waals surface area contributed by atoms with Crippen LogP contribution in [-0.4, -0.2) is 16.2 Å². The van der Waals surface area contributed by atoms with Gasteiger partial charge in [-0.1, -0.05) is 0 Å². The van der Waals surface area contributed by atoms with Crippen LogP contribution in [0.4, 0.5) is 0 Å². The minimum absolute atomic E-state index is 0.243. The van der Waals surface area contributed by atoms with Gasteiger partial charge < -0.3 is 10.2 Å². The van der Waals surface area contributed by atoms with Crippen LogP contribution in [0.15, 0.2) is 12.1 Å². The van der Waals surface area contributed by atoms with E-state index in [1.54, 1.807) is 6.07 Å². The number of benzene rings is 2. The first-order valence-electron chi connectivity index (χ1n) is 5.81. The van der Waals surface area contributed by atoms with Crippen molar-refractivity contribution in [2.24, 2.45) is 0 Å². The van der Waals surface area contributed by atoms with Gasteiger partial charge in [-0.3, -0.25) is 0 Å². The highest BCUT2D eigenvalue weighted by Crippen LogP contribution is 2.33. The summed E-state index contributed by atoms with van der Waals surface area (Å²) in [4.78, 5) is 11.3. The summed E-state index contributed by atoms with van der Waals surface area (Å²) in [5.74, 6) is -0.659. The van der Waals surface area contributed by atoms with Gasteiger partial charge in [-0.25, -0.2) is 4.79 Å². The standard InChI is InChI=1S/C15H16O3/c1-7-5-11-10(4)14(15(17)18)9(3)8(2)12(11)6-13(7)16/h5-6,16H,1-4H3,(H,17,18). The highest BCUT2D eigenvalue weighted by molar-refractivity contribution is 6.01. The number of fused-ring (bicyclic) bond motifs is 1. The van der Waals surface area contributed by atoms with Crippen molar-refractivity contribution in [2.45, 2.75) is 27.7 Å². The number of carboxylic acid groups (broad SMARTS) is 1. The van der Waals surface area contributed by atoms with Crippen molar-refractivity contribution >= 4 is 16.7 Å². The Morgan fingerprint density at radius 1 is 0.944 bits per heavy atom. The molecule has 0 heterocycles. The molecule has 0 saturated heterocycles. The van der Waals surface area contributed by atoms with E-state index >= 15 is 0 Å². The van der Waals surface area contributed by atoms with Gasteiger partial charge in [0.05, 0.1) is 5.56 Å². The number of carbonyl (C=O) groups is 1. The molecule has 0 amide bonds. The van der Waals surface area contributed by atoms with Gasteiger partial charge in [0.1, 0.15) is 5.75 Å². The lowest BCUT2D eigenvalue weighted by Gasteiger charge is -2.15. The largest absolute Gasteiger partial charge is 0.508 e. The number of hydrogen-bond acceptors (Lipinski definition) is 2. The van der Waals surface area contributed by atoms with Gasteiger partial charge in [-0.15, -0.1) is 0 Å². The second-order valence-corrected chi connectivity index (χ2v) is 4.74. The second-order valence-electron chi connectivity index (χ2n) is 4.74. The average Bonchev–Trinajstić information content (AvgIpc) is 2.29. The van der Waals surface area contributed by atoms with Crippen LogP contribution in [0, 0.1) is 27.7 Å². The van der Waals surface area contributed by atoms with Crippen molar-refractivity contribution in [1.82, 2.24) is 0 Å². The second kappa shape index (κ2) is 4.02. The minimum Gasteiger partial charge on any atom is -0.508 e. The summed E-state index contributed by atoms with van der Waals surface area (Å²) < 4.78 is 0. The first-order chi connectivity index (χ1) is 8.34. The lowest BCUT2D eigenvalue weighted by molar-refractivity contribution is 0.0695. The Morgan fingerprint density at radius 3 is 2.06 bits per heavy atom. The van der Waals surface area contributed by atoms with Crippen LogP contribution in [0.3, 0.4) is 0 Å². The van der Waals surface area contributed by atoms with E-state index in [4.69, 9.17) is 0 Å². The molecule has 0 bridgehead atoms. The quantitative estimate of drug-likeness (QED) is 0.807. The lowest BCUT2D eigenvalue weighted by atomic mass is 9.90. The molecule has 2 aromatic rings. The molecular weight excluding hydrogens is 228 g/mol. The maximum Gasteiger partial charge on any atom is 0.336 e. The molecule has 0 aliphatic heterocycles. The Labute approximate surface area is 106 Å². The number of carboxylic acids is 1. The Bertz CT molecular complexity index is 669. The van der Waals surface area contributed by atoms with Crippen LogP contribution >= 0.6 is 0 Å². The number of phenols is 1. The third-order valence-corrected chi connectivity index (χ3v) is 3.67. The van der Waals surface area contributed by atoms with Gasteiger partial charge >= 0.3 is 5.97 Å². The molecule has 2 N–H and O–H groups in total. The van der Waals surface area contributed by atoms with Gasteiger partial charge in [-0.05, 0) is 72.9 Å². The zero-order chi connectivity index (χ0) is 13.6. The number of hydrogen-bond donors (Lipinski definition) is 2. The first-order valence-corrected chi connectivity index (χ1v) is 5.81. The van der Waals surface area contributed by atoms with Crippen molar-refractivity contribution in [1.29, 1.82) is 0 Å². The average molecular weight is 244 g/mol. The predicted octanol–water partition coefficient (Wildman–Crippen LogP) is 3.48. The zero-order valence-corrected chi connectivity index (χ0v) is 11.0. The summed E-state index contributed by atoms with van der Waals surface area (Å²) in [5.41, 5.74) is 3.54. The van der Waals surface area contributed by atoms with Crippen molar-refractivity contribution in [3.63, 3.8) is 0 Å². The van der Waals surface area contributed by atoms with Gasteiger partial charge in [0.2, 0.25) is 0 Å². The molecule has 2 aromatic carbocycles. The molecule has 3 heteroatoms. The molecule has 0 atom stereocenters. The van der Waals surface area contributed by atoms with Crippen LogP contribution in [0.5, 0.6) is 5.75 Å². The summed E-state index contributed by atoms with van der Waals surface area (Å²) in [6.45, 7) is 7.32. The summed E-state index contributed by atoms with van der Waals surface area (Å²) in [5, 5.41) is 20.9. The molecule has 0 fully saturated rings. The number of aryl methyl sites for hydroxylation is 3. The Hall–Kier alpha value is -2.03. The summed E-state index contributed by atoms with van der Waals surface area (Å²) in [7, 11) is 0. The monoisotopic (exact) mass is 244 g/mol. The Morgan fingerprint density at radius 2 is 1.50 bits per heavy atom. The van der Waals surface area contributed by atoms with Gasteiger partial charge in [0.15, 0.2) is 0 Å². The maximum atomic E-state index is 11.3. The summed E-state index contributed by atoms with van der Waals surface area (Å²) in [6.07, 6.45) is 0. The molecular formula is C15H16O3. The normalized spacial score (nSPS) is 10.9. The fourth-order valence-electron chi connectivity index (χ4n) is 2.44. The van der Waals surface area contributed by atoms with E-state index in [0.717, 1.165) is 33.0 Å². The third-order valence-electron chi connectivity index (χ3n) is 3.67.